The Bertz CT molecular complexity index is 799. The average molecular weight is 487 g/mol. The fraction of sp³-hybridized carbons (Fsp3) is 0.417. The van der Waals surface area contributed by atoms with E-state index >= 15 is 0 Å². The Morgan fingerprint density at radius 1 is 1.00 bits per heavy atom. The maximum Gasteiger partial charge on any atom is 0.462 e. The number of carbonyl (C=O) groups is 1. The predicted molar refractivity (Wildman–Crippen MR) is 72.8 cm³/mol. The molecule has 1 rings (SSSR count). The first-order valence-corrected chi connectivity index (χ1v) is 7.17. The predicted octanol–water partition coefficient (Wildman–Crippen LogP) is 3.72. The van der Waals surface area contributed by atoms with Crippen molar-refractivity contribution in [3.8, 4) is 0 Å². The smallest absolute Gasteiger partial charge is 0.462 e. The van der Waals surface area contributed by atoms with Crippen LogP contribution < -0.4 is 10.5 Å². The second-order valence-electron chi connectivity index (χ2n) is 5.23. The molecule has 0 fully saturated rings. The van der Waals surface area contributed by atoms with E-state index in [0.29, 0.717) is 12.1 Å². The summed E-state index contributed by atoms with van der Waals surface area (Å²) >= 11 is 5.40. The molecule has 0 saturated carbocycles. The molecule has 2 atom stereocenters. The first-order valence-electron chi connectivity index (χ1n) is 6.80. The molecule has 0 aliphatic heterocycles. The van der Waals surface area contributed by atoms with Crippen LogP contribution in [-0.4, -0.2) is 41.4 Å². The molecule has 18 heteroatoms. The van der Waals surface area contributed by atoms with E-state index in [0.717, 1.165) is 11.4 Å². The van der Waals surface area contributed by atoms with Gasteiger partial charge in [0.05, 0.1) is 0 Å². The van der Waals surface area contributed by atoms with E-state index in [1.807, 2.05) is 0 Å². The fourth-order valence-electron chi connectivity index (χ4n) is 1.64. The quantitative estimate of drug-likeness (QED) is 0.423. The molecule has 1 amide bonds. The van der Waals surface area contributed by atoms with Gasteiger partial charge in [0.15, 0.2) is 5.69 Å². The molecule has 0 saturated heterocycles. The second-order valence-corrected chi connectivity index (χ2v) is 5.67. The molecule has 1 aromatic carbocycles. The molecule has 1 unspecified atom stereocenters. The van der Waals surface area contributed by atoms with Crippen LogP contribution in [0.25, 0.3) is 0 Å². The number of amides is 1. The normalized spacial score (nSPS) is 16.7. The third kappa shape index (κ3) is 4.85. The van der Waals surface area contributed by atoms with Crippen LogP contribution in [0.15, 0.2) is 18.2 Å². The minimum Gasteiger partial charge on any atom is -0.595 e. The van der Waals surface area contributed by atoms with E-state index in [-0.39, 0.29) is 5.02 Å². The molecule has 0 bridgehead atoms. The minimum absolute atomic E-state index is 0.375. The van der Waals surface area contributed by atoms with Crippen LogP contribution in [-0.2, 0) is 9.53 Å². The molecule has 0 aliphatic rings. The zero-order valence-corrected chi connectivity index (χ0v) is 14.2. The first kappa shape index (κ1) is 26.1. The number of hydrogen-bond donors (Lipinski definition) is 3. The SMILES string of the molecule is O=C(Nc1ccc(Cl)cc1[NH+]([O-])O)[C@@](F)(OC(F)(F)C(F)(F)C(F)(F)F)C(F)(F)F. The van der Waals surface area contributed by atoms with Gasteiger partial charge in [0.2, 0.25) is 0 Å². The number of alkyl halides is 11. The van der Waals surface area contributed by atoms with Crippen LogP contribution in [0, 0.1) is 5.21 Å². The highest BCUT2D eigenvalue weighted by Gasteiger charge is 2.79. The first-order chi connectivity index (χ1) is 13.2. The third-order valence-electron chi connectivity index (χ3n) is 3.11. The standard InChI is InChI=1S/C12H6ClF11N2O4/c13-4-1-2-5(6(3-4)26(28)29)25-7(27)8(14,10(17,18)19)30-12(23,24)9(15,16)11(20,21)22/h1-3,26,28H,(H,25,27)/t8-/m1/s1. The summed E-state index contributed by atoms with van der Waals surface area (Å²) in [7, 11) is 0. The van der Waals surface area contributed by atoms with Crippen LogP contribution >= 0.6 is 11.6 Å². The van der Waals surface area contributed by atoms with Gasteiger partial charge < -0.3 is 10.5 Å². The van der Waals surface area contributed by atoms with Crippen molar-refractivity contribution in [1.29, 1.82) is 0 Å². The van der Waals surface area contributed by atoms with Crippen molar-refractivity contribution in [2.45, 2.75) is 30.2 Å². The number of carbonyl (C=O) groups excluding carboxylic acids is 1. The van der Waals surface area contributed by atoms with E-state index in [9.17, 15) is 58.3 Å². The van der Waals surface area contributed by atoms with Crippen LogP contribution in [0.5, 0.6) is 0 Å². The Hall–Kier alpha value is -1.95. The molecule has 0 aliphatic carbocycles. The summed E-state index contributed by atoms with van der Waals surface area (Å²) in [5.74, 6) is -17.2. The van der Waals surface area contributed by atoms with Gasteiger partial charge in [-0.05, 0) is 12.1 Å². The lowest BCUT2D eigenvalue weighted by Gasteiger charge is -2.34. The zero-order valence-electron chi connectivity index (χ0n) is 13.4. The number of halogens is 12. The molecular weight excluding hydrogens is 481 g/mol. The van der Waals surface area contributed by atoms with E-state index in [1.165, 1.54) is 0 Å². The Balaban J connectivity index is 3.42. The highest BCUT2D eigenvalue weighted by Crippen LogP contribution is 2.51. The van der Waals surface area contributed by atoms with Crippen LogP contribution in [0.1, 0.15) is 0 Å². The van der Waals surface area contributed by atoms with Crippen molar-refractivity contribution in [2.24, 2.45) is 0 Å². The van der Waals surface area contributed by atoms with Gasteiger partial charge in [-0.25, -0.2) is 5.21 Å². The number of quaternary nitrogens is 1. The molecule has 172 valence electrons. The van der Waals surface area contributed by atoms with Gasteiger partial charge in [0.1, 0.15) is 5.69 Å². The summed E-state index contributed by atoms with van der Waals surface area (Å²) in [6.45, 7) is 0. The summed E-state index contributed by atoms with van der Waals surface area (Å²) in [4.78, 5) is 11.6. The molecule has 3 N–H and O–H groups in total. The average Bonchev–Trinajstić information content (AvgIpc) is 2.53. The van der Waals surface area contributed by atoms with Gasteiger partial charge in [-0.15, -0.1) is 0 Å². The molecule has 0 spiro atoms. The van der Waals surface area contributed by atoms with E-state index < -0.39 is 52.7 Å². The van der Waals surface area contributed by atoms with Crippen molar-refractivity contribution in [1.82, 2.24) is 0 Å². The topological polar surface area (TPSA) is 86.1 Å². The largest absolute Gasteiger partial charge is 0.595 e. The fourth-order valence-corrected chi connectivity index (χ4v) is 1.82. The lowest BCUT2D eigenvalue weighted by molar-refractivity contribution is -0.990. The Kier molecular flexibility index (Phi) is 6.91. The summed E-state index contributed by atoms with van der Waals surface area (Å²) in [6.07, 6.45) is -21.3. The van der Waals surface area contributed by atoms with Gasteiger partial charge in [0, 0.05) is 11.1 Å². The van der Waals surface area contributed by atoms with Crippen LogP contribution in [0.2, 0.25) is 5.02 Å². The van der Waals surface area contributed by atoms with Crippen LogP contribution in [0.3, 0.4) is 0 Å². The molecule has 0 aromatic heterocycles. The van der Waals surface area contributed by atoms with Crippen molar-refractivity contribution >= 4 is 28.9 Å². The molecule has 1 aromatic rings. The Labute approximate surface area is 162 Å². The Morgan fingerprint density at radius 2 is 1.50 bits per heavy atom. The van der Waals surface area contributed by atoms with Gasteiger partial charge in [-0.1, -0.05) is 11.6 Å². The van der Waals surface area contributed by atoms with E-state index in [1.54, 1.807) is 0 Å². The number of hydrogen-bond acceptors (Lipinski definition) is 4. The van der Waals surface area contributed by atoms with Crippen molar-refractivity contribution < 1.29 is 68.3 Å². The second kappa shape index (κ2) is 7.95. The van der Waals surface area contributed by atoms with Crippen molar-refractivity contribution in [3.63, 3.8) is 0 Å². The molecule has 0 radical (unpaired) electrons. The molecule has 6 nitrogen and oxygen atoms in total. The highest BCUT2D eigenvalue weighted by atomic mass is 35.5. The third-order valence-corrected chi connectivity index (χ3v) is 3.34. The maximum atomic E-state index is 14.1. The van der Waals surface area contributed by atoms with Gasteiger partial charge in [-0.2, -0.15) is 53.5 Å². The minimum atomic E-state index is -7.35. The zero-order chi connectivity index (χ0) is 23.9. The van der Waals surface area contributed by atoms with Gasteiger partial charge in [-0.3, -0.25) is 9.53 Å². The maximum absolute atomic E-state index is 14.1. The summed E-state index contributed by atoms with van der Waals surface area (Å²) in [5, 5.41) is 18.3. The number of anilines is 1. The number of nitrogens with one attached hydrogen (secondary N) is 2. The lowest BCUT2D eigenvalue weighted by atomic mass is 10.2. The summed E-state index contributed by atoms with van der Waals surface area (Å²) < 4.78 is 143. The molecular formula is C12H6ClF11N2O4. The van der Waals surface area contributed by atoms with Crippen molar-refractivity contribution in [3.05, 3.63) is 28.4 Å². The van der Waals surface area contributed by atoms with Gasteiger partial charge in [0.25, 0.3) is 5.91 Å². The molecule has 0 heterocycles. The van der Waals surface area contributed by atoms with Crippen molar-refractivity contribution in [2.75, 3.05) is 5.32 Å². The van der Waals surface area contributed by atoms with E-state index in [2.05, 4.69) is 4.74 Å². The molecule has 30 heavy (non-hydrogen) atoms. The number of rotatable bonds is 6. The monoisotopic (exact) mass is 486 g/mol. The summed E-state index contributed by atoms with van der Waals surface area (Å²) in [6, 6.07) is 1.67. The highest BCUT2D eigenvalue weighted by molar-refractivity contribution is 6.31. The summed E-state index contributed by atoms with van der Waals surface area (Å²) in [5.41, 5.74) is -2.33. The van der Waals surface area contributed by atoms with E-state index in [4.69, 9.17) is 16.8 Å². The van der Waals surface area contributed by atoms with Gasteiger partial charge >= 0.3 is 30.2 Å². The van der Waals surface area contributed by atoms with Crippen LogP contribution in [0.4, 0.5) is 59.7 Å². The Morgan fingerprint density at radius 3 is 1.90 bits per heavy atom. The number of benzene rings is 1. The lowest BCUT2D eigenvalue weighted by Crippen LogP contribution is -2.99. The number of ether oxygens (including phenoxy) is 1.